The first-order valence-electron chi connectivity index (χ1n) is 5.40. The smallest absolute Gasteiger partial charge is 0.303 e. The summed E-state index contributed by atoms with van der Waals surface area (Å²) in [5, 5.41) is 8.42. The van der Waals surface area contributed by atoms with Gasteiger partial charge in [0.15, 0.2) is 0 Å². The van der Waals surface area contributed by atoms with Gasteiger partial charge in [-0.25, -0.2) is 12.8 Å². The third-order valence-electron chi connectivity index (χ3n) is 2.24. The minimum absolute atomic E-state index is 0.0454. The molecule has 8 heteroatoms. The zero-order valence-electron chi connectivity index (χ0n) is 10.2. The highest BCUT2D eigenvalue weighted by atomic mass is 32.2. The fraction of sp³-hybridized carbons (Fsp3) is 0.364. The lowest BCUT2D eigenvalue weighted by atomic mass is 10.3. The molecule has 1 aromatic carbocycles. The van der Waals surface area contributed by atoms with Crippen molar-refractivity contribution < 1.29 is 27.4 Å². The summed E-state index contributed by atoms with van der Waals surface area (Å²) in [6.07, 6.45) is -0.308. The summed E-state index contributed by atoms with van der Waals surface area (Å²) in [5.74, 6) is -1.90. The number of hydrogen-bond acceptors (Lipinski definition) is 4. The topological polar surface area (TPSA) is 92.7 Å². The fourth-order valence-electron chi connectivity index (χ4n) is 1.34. The summed E-state index contributed by atoms with van der Waals surface area (Å²) in [6.45, 7) is 0. The Morgan fingerprint density at radius 3 is 2.74 bits per heavy atom. The molecule has 0 atom stereocenters. The van der Waals surface area contributed by atoms with Gasteiger partial charge in [-0.1, -0.05) is 0 Å². The second-order valence-electron chi connectivity index (χ2n) is 3.76. The van der Waals surface area contributed by atoms with Gasteiger partial charge < -0.3 is 9.84 Å². The second-order valence-corrected chi connectivity index (χ2v) is 5.61. The lowest BCUT2D eigenvalue weighted by Crippen LogP contribution is -2.18. The predicted octanol–water partition coefficient (Wildman–Crippen LogP) is 1.44. The summed E-state index contributed by atoms with van der Waals surface area (Å²) >= 11 is 0. The maximum atomic E-state index is 13.4. The molecule has 0 bridgehead atoms. The molecule has 0 fully saturated rings. The number of rotatable bonds is 7. The highest BCUT2D eigenvalue weighted by Gasteiger charge is 2.14. The summed E-state index contributed by atoms with van der Waals surface area (Å²) < 4.78 is 43.6. The number of carboxylic acid groups (broad SMARTS) is 1. The molecule has 0 unspecified atom stereocenters. The lowest BCUT2D eigenvalue weighted by Gasteiger charge is -2.09. The summed E-state index contributed by atoms with van der Waals surface area (Å²) in [6, 6.07) is 3.65. The van der Waals surface area contributed by atoms with Crippen LogP contribution >= 0.6 is 0 Å². The van der Waals surface area contributed by atoms with Gasteiger partial charge in [-0.2, -0.15) is 0 Å². The fourth-order valence-corrected chi connectivity index (χ4v) is 2.46. The number of nitrogens with one attached hydrogen (secondary N) is 1. The number of anilines is 1. The van der Waals surface area contributed by atoms with Crippen LogP contribution in [0.3, 0.4) is 0 Å². The van der Waals surface area contributed by atoms with Gasteiger partial charge >= 0.3 is 5.97 Å². The van der Waals surface area contributed by atoms with E-state index < -0.39 is 27.6 Å². The molecule has 0 saturated carbocycles. The van der Waals surface area contributed by atoms with Gasteiger partial charge in [0.05, 0.1) is 18.6 Å². The molecule has 0 aliphatic heterocycles. The predicted molar refractivity (Wildman–Crippen MR) is 67.2 cm³/mol. The van der Waals surface area contributed by atoms with E-state index in [2.05, 4.69) is 4.72 Å². The monoisotopic (exact) mass is 291 g/mol. The van der Waals surface area contributed by atoms with Gasteiger partial charge in [-0.15, -0.1) is 0 Å². The van der Waals surface area contributed by atoms with E-state index in [0.717, 1.165) is 6.07 Å². The van der Waals surface area contributed by atoms with Crippen LogP contribution in [-0.2, 0) is 14.8 Å². The van der Waals surface area contributed by atoms with Crippen molar-refractivity contribution in [2.45, 2.75) is 12.8 Å². The van der Waals surface area contributed by atoms with Crippen LogP contribution in [0.5, 0.6) is 5.75 Å². The number of carbonyl (C=O) groups is 1. The van der Waals surface area contributed by atoms with Gasteiger partial charge in [0, 0.05) is 12.5 Å². The maximum Gasteiger partial charge on any atom is 0.303 e. The summed E-state index contributed by atoms with van der Waals surface area (Å²) in [7, 11) is -2.41. The van der Waals surface area contributed by atoms with Crippen molar-refractivity contribution in [2.75, 3.05) is 17.6 Å². The van der Waals surface area contributed by atoms with Crippen LogP contribution < -0.4 is 9.46 Å². The van der Waals surface area contributed by atoms with E-state index in [4.69, 9.17) is 9.84 Å². The Morgan fingerprint density at radius 2 is 2.16 bits per heavy atom. The molecule has 0 heterocycles. The Bertz CT molecular complexity index is 558. The van der Waals surface area contributed by atoms with E-state index in [9.17, 15) is 17.6 Å². The van der Waals surface area contributed by atoms with Gasteiger partial charge in [-0.05, 0) is 18.6 Å². The number of sulfonamides is 1. The molecule has 2 N–H and O–H groups in total. The third-order valence-corrected chi connectivity index (χ3v) is 3.60. The second kappa shape index (κ2) is 6.37. The minimum Gasteiger partial charge on any atom is -0.497 e. The molecule has 0 saturated heterocycles. The van der Waals surface area contributed by atoms with Crippen molar-refractivity contribution in [3.05, 3.63) is 24.0 Å². The summed E-state index contributed by atoms with van der Waals surface area (Å²) in [4.78, 5) is 10.3. The first-order valence-corrected chi connectivity index (χ1v) is 7.05. The lowest BCUT2D eigenvalue weighted by molar-refractivity contribution is -0.137. The molecule has 0 radical (unpaired) electrons. The van der Waals surface area contributed by atoms with Crippen molar-refractivity contribution in [3.63, 3.8) is 0 Å². The molecule has 6 nitrogen and oxygen atoms in total. The molecule has 0 spiro atoms. The van der Waals surface area contributed by atoms with Crippen molar-refractivity contribution >= 4 is 21.7 Å². The molecule has 106 valence electrons. The quantitative estimate of drug-likeness (QED) is 0.793. The molecule has 0 amide bonds. The van der Waals surface area contributed by atoms with E-state index in [1.807, 2.05) is 0 Å². The van der Waals surface area contributed by atoms with Gasteiger partial charge in [0.25, 0.3) is 0 Å². The van der Waals surface area contributed by atoms with Crippen LogP contribution in [0.25, 0.3) is 0 Å². The first-order chi connectivity index (χ1) is 8.84. The highest BCUT2D eigenvalue weighted by Crippen LogP contribution is 2.22. The van der Waals surface area contributed by atoms with E-state index in [0.29, 0.717) is 5.75 Å². The average Bonchev–Trinajstić information content (AvgIpc) is 2.31. The van der Waals surface area contributed by atoms with Crippen LogP contribution in [0, 0.1) is 5.82 Å². The Morgan fingerprint density at radius 1 is 1.47 bits per heavy atom. The van der Waals surface area contributed by atoms with Crippen molar-refractivity contribution in [1.82, 2.24) is 0 Å². The largest absolute Gasteiger partial charge is 0.497 e. The summed E-state index contributed by atoms with van der Waals surface area (Å²) in [5.41, 5.74) is -0.227. The average molecular weight is 291 g/mol. The SMILES string of the molecule is COc1ccc(F)c(NS(=O)(=O)CCCC(=O)O)c1. The van der Waals surface area contributed by atoms with Crippen molar-refractivity contribution in [1.29, 1.82) is 0 Å². The zero-order valence-corrected chi connectivity index (χ0v) is 11.0. The molecule has 1 aromatic rings. The van der Waals surface area contributed by atoms with Gasteiger partial charge in [0.2, 0.25) is 10.0 Å². The molecule has 0 aromatic heterocycles. The van der Waals surface area contributed by atoms with Gasteiger partial charge in [-0.3, -0.25) is 9.52 Å². The van der Waals surface area contributed by atoms with Crippen molar-refractivity contribution in [2.24, 2.45) is 0 Å². The number of aliphatic carboxylic acids is 1. The van der Waals surface area contributed by atoms with Gasteiger partial charge in [0.1, 0.15) is 11.6 Å². The molecular weight excluding hydrogens is 277 g/mol. The van der Waals surface area contributed by atoms with E-state index >= 15 is 0 Å². The number of carboxylic acids is 1. The number of halogens is 1. The molecular formula is C11H14FNO5S. The zero-order chi connectivity index (χ0) is 14.5. The van der Waals surface area contributed by atoms with Crippen LogP contribution in [0.1, 0.15) is 12.8 Å². The Balaban J connectivity index is 2.74. The minimum atomic E-state index is -3.79. The van der Waals surface area contributed by atoms with Crippen LogP contribution in [0.15, 0.2) is 18.2 Å². The molecule has 1 rings (SSSR count). The van der Waals surface area contributed by atoms with E-state index in [1.54, 1.807) is 0 Å². The Labute approximate surface area is 110 Å². The van der Waals surface area contributed by atoms with Crippen molar-refractivity contribution in [3.8, 4) is 5.75 Å². The van der Waals surface area contributed by atoms with E-state index in [1.165, 1.54) is 19.2 Å². The number of benzene rings is 1. The number of hydrogen-bond donors (Lipinski definition) is 2. The first kappa shape index (κ1) is 15.2. The van der Waals surface area contributed by atoms with Crippen LogP contribution in [0.4, 0.5) is 10.1 Å². The maximum absolute atomic E-state index is 13.4. The third kappa shape index (κ3) is 5.12. The molecule has 0 aliphatic carbocycles. The Hall–Kier alpha value is -1.83. The van der Waals surface area contributed by atoms with Crippen LogP contribution in [-0.4, -0.2) is 32.4 Å². The normalized spacial score (nSPS) is 11.1. The highest BCUT2D eigenvalue weighted by molar-refractivity contribution is 7.92. The van der Waals surface area contributed by atoms with E-state index in [-0.39, 0.29) is 18.5 Å². The molecule has 0 aliphatic rings. The number of ether oxygens (including phenoxy) is 1. The molecule has 19 heavy (non-hydrogen) atoms. The Kier molecular flexibility index (Phi) is 5.11. The number of methoxy groups -OCH3 is 1. The van der Waals surface area contributed by atoms with Crippen LogP contribution in [0.2, 0.25) is 0 Å². The standard InChI is InChI=1S/C11H14FNO5S/c1-18-8-4-5-9(12)10(7-8)13-19(16,17)6-2-3-11(14)15/h4-5,7,13H,2-3,6H2,1H3,(H,14,15).